The molecule has 0 aliphatic carbocycles. The minimum atomic E-state index is -0.692. The van der Waals surface area contributed by atoms with E-state index >= 15 is 0 Å². The molecular weight excluding hydrogens is 432 g/mol. The highest BCUT2D eigenvalue weighted by Gasteiger charge is 2.34. The second-order valence-electron chi connectivity index (χ2n) is 8.95. The zero-order valence-corrected chi connectivity index (χ0v) is 19.5. The number of anilines is 3. The fraction of sp³-hybridized carbons (Fsp3) is 0.478. The van der Waals surface area contributed by atoms with E-state index in [4.69, 9.17) is 15.2 Å². The third-order valence-corrected chi connectivity index (χ3v) is 5.38. The predicted molar refractivity (Wildman–Crippen MR) is 124 cm³/mol. The van der Waals surface area contributed by atoms with E-state index in [9.17, 15) is 13.6 Å². The van der Waals surface area contributed by atoms with Crippen LogP contribution in [-0.2, 0) is 9.47 Å². The summed E-state index contributed by atoms with van der Waals surface area (Å²) in [4.78, 5) is 18.6. The van der Waals surface area contributed by atoms with Crippen LogP contribution in [0.3, 0.4) is 0 Å². The quantitative estimate of drug-likeness (QED) is 0.620. The van der Waals surface area contributed by atoms with Crippen molar-refractivity contribution in [3.05, 3.63) is 36.0 Å². The van der Waals surface area contributed by atoms with Gasteiger partial charge in [-0.3, -0.25) is 0 Å². The van der Waals surface area contributed by atoms with Crippen LogP contribution in [0.1, 0.15) is 27.2 Å². The third kappa shape index (κ3) is 5.81. The number of piperidine rings is 1. The van der Waals surface area contributed by atoms with Gasteiger partial charge in [-0.2, -0.15) is 0 Å². The zero-order valence-electron chi connectivity index (χ0n) is 19.5. The number of halogens is 2. The van der Waals surface area contributed by atoms with E-state index in [0.717, 1.165) is 6.07 Å². The van der Waals surface area contributed by atoms with Crippen LogP contribution in [0, 0.1) is 11.6 Å². The first-order chi connectivity index (χ1) is 15.5. The van der Waals surface area contributed by atoms with Crippen molar-refractivity contribution < 1.29 is 23.0 Å². The standard InChI is InChI=1S/C23H31F2N5O3/c1-23(2,3)33-22(31)29-17-6-7-30(12-18(17)32-5)20-16(11-28-21(27-4)19(20)26)13-8-14(24)10-15(25)9-13/h8-11,17-18H,6-7,12,26H2,1-5H3,(H,27,28)(H,29,31)/t17-,18-/m1/s1. The summed E-state index contributed by atoms with van der Waals surface area (Å²) in [5.41, 5.74) is 7.59. The lowest BCUT2D eigenvalue weighted by Crippen LogP contribution is -2.55. The number of benzene rings is 1. The number of pyridine rings is 1. The molecule has 2 heterocycles. The summed E-state index contributed by atoms with van der Waals surface area (Å²) >= 11 is 0. The number of carbonyl (C=O) groups is 1. The first-order valence-corrected chi connectivity index (χ1v) is 10.7. The third-order valence-electron chi connectivity index (χ3n) is 5.38. The first-order valence-electron chi connectivity index (χ1n) is 10.7. The summed E-state index contributed by atoms with van der Waals surface area (Å²) < 4.78 is 38.9. The average molecular weight is 464 g/mol. The van der Waals surface area contributed by atoms with Crippen molar-refractivity contribution in [2.45, 2.75) is 44.9 Å². The van der Waals surface area contributed by atoms with Gasteiger partial charge in [0.15, 0.2) is 5.82 Å². The minimum absolute atomic E-state index is 0.275. The Bertz CT molecular complexity index is 992. The van der Waals surface area contributed by atoms with E-state index in [1.165, 1.54) is 12.1 Å². The Morgan fingerprint density at radius 1 is 1.24 bits per heavy atom. The number of aromatic nitrogens is 1. The second-order valence-corrected chi connectivity index (χ2v) is 8.95. The van der Waals surface area contributed by atoms with Crippen LogP contribution in [0.2, 0.25) is 0 Å². The van der Waals surface area contributed by atoms with Crippen molar-refractivity contribution in [3.8, 4) is 11.1 Å². The molecule has 3 rings (SSSR count). The smallest absolute Gasteiger partial charge is 0.407 e. The molecule has 1 aromatic carbocycles. The van der Waals surface area contributed by atoms with Gasteiger partial charge in [-0.05, 0) is 44.9 Å². The molecular formula is C23H31F2N5O3. The van der Waals surface area contributed by atoms with Crippen molar-refractivity contribution in [1.82, 2.24) is 10.3 Å². The number of nitrogens with two attached hydrogens (primary N) is 1. The Labute approximate surface area is 192 Å². The Kier molecular flexibility index (Phi) is 7.26. The molecule has 33 heavy (non-hydrogen) atoms. The molecule has 0 radical (unpaired) electrons. The van der Waals surface area contributed by atoms with Crippen molar-refractivity contribution in [3.63, 3.8) is 0 Å². The molecule has 0 saturated carbocycles. The Balaban J connectivity index is 1.92. The highest BCUT2D eigenvalue weighted by molar-refractivity contribution is 5.91. The lowest BCUT2D eigenvalue weighted by atomic mass is 9.98. The number of nitrogen functional groups attached to an aromatic ring is 1. The number of nitrogens with one attached hydrogen (secondary N) is 2. The molecule has 2 atom stereocenters. The molecule has 1 aliphatic heterocycles. The maximum Gasteiger partial charge on any atom is 0.407 e. The monoisotopic (exact) mass is 463 g/mol. The zero-order chi connectivity index (χ0) is 24.3. The van der Waals surface area contributed by atoms with Gasteiger partial charge in [0.25, 0.3) is 0 Å². The largest absolute Gasteiger partial charge is 0.444 e. The molecule has 1 saturated heterocycles. The lowest BCUT2D eigenvalue weighted by Gasteiger charge is -2.40. The normalized spacial score (nSPS) is 18.7. The summed E-state index contributed by atoms with van der Waals surface area (Å²) in [6.07, 6.45) is 1.21. The highest BCUT2D eigenvalue weighted by atomic mass is 19.1. The predicted octanol–water partition coefficient (Wildman–Crippen LogP) is 3.77. The molecule has 4 N–H and O–H groups in total. The van der Waals surface area contributed by atoms with Crippen LogP contribution in [-0.4, -0.2) is 56.1 Å². The molecule has 10 heteroatoms. The average Bonchev–Trinajstić information content (AvgIpc) is 2.71. The van der Waals surface area contributed by atoms with E-state index in [-0.39, 0.29) is 12.1 Å². The maximum atomic E-state index is 14.0. The van der Waals surface area contributed by atoms with Crippen LogP contribution < -0.4 is 21.3 Å². The Morgan fingerprint density at radius 2 is 1.91 bits per heavy atom. The molecule has 0 spiro atoms. The number of alkyl carbamates (subject to hydrolysis) is 1. The summed E-state index contributed by atoms with van der Waals surface area (Å²) in [7, 11) is 3.26. The van der Waals surface area contributed by atoms with E-state index in [2.05, 4.69) is 15.6 Å². The van der Waals surface area contributed by atoms with E-state index in [0.29, 0.717) is 47.8 Å². The van der Waals surface area contributed by atoms with Gasteiger partial charge in [-0.25, -0.2) is 18.6 Å². The molecule has 2 aromatic rings. The number of hydrogen-bond acceptors (Lipinski definition) is 7. The fourth-order valence-corrected chi connectivity index (χ4v) is 3.96. The van der Waals surface area contributed by atoms with Gasteiger partial charge in [0.1, 0.15) is 17.2 Å². The van der Waals surface area contributed by atoms with Crippen molar-refractivity contribution in [1.29, 1.82) is 0 Å². The molecule has 0 unspecified atom stereocenters. The lowest BCUT2D eigenvalue weighted by molar-refractivity contribution is 0.0298. The van der Waals surface area contributed by atoms with E-state index in [1.807, 2.05) is 4.90 Å². The number of hydrogen-bond donors (Lipinski definition) is 3. The van der Waals surface area contributed by atoms with Gasteiger partial charge in [0.05, 0.1) is 23.5 Å². The fourth-order valence-electron chi connectivity index (χ4n) is 3.96. The van der Waals surface area contributed by atoms with Crippen LogP contribution in [0.15, 0.2) is 24.4 Å². The molecule has 1 amide bonds. The van der Waals surface area contributed by atoms with Crippen LogP contribution in [0.25, 0.3) is 11.1 Å². The highest BCUT2D eigenvalue weighted by Crippen LogP contribution is 2.40. The molecule has 180 valence electrons. The van der Waals surface area contributed by atoms with E-state index < -0.39 is 23.3 Å². The van der Waals surface area contributed by atoms with Gasteiger partial charge >= 0.3 is 6.09 Å². The van der Waals surface area contributed by atoms with Gasteiger partial charge < -0.3 is 30.7 Å². The summed E-state index contributed by atoms with van der Waals surface area (Å²) in [6, 6.07) is 3.03. The maximum absolute atomic E-state index is 14.0. The van der Waals surface area contributed by atoms with Crippen molar-refractivity contribution in [2.24, 2.45) is 0 Å². The van der Waals surface area contributed by atoms with E-state index in [1.54, 1.807) is 41.1 Å². The van der Waals surface area contributed by atoms with Gasteiger partial charge in [0, 0.05) is 45.1 Å². The minimum Gasteiger partial charge on any atom is -0.444 e. The topological polar surface area (TPSA) is 102 Å². The second kappa shape index (κ2) is 9.78. The van der Waals surface area contributed by atoms with Crippen molar-refractivity contribution in [2.75, 3.05) is 43.2 Å². The summed E-state index contributed by atoms with van der Waals surface area (Å²) in [5.74, 6) is -0.932. The first kappa shape index (κ1) is 24.5. The Hall–Kier alpha value is -3.14. The van der Waals surface area contributed by atoms with Crippen LogP contribution >= 0.6 is 0 Å². The molecule has 8 nitrogen and oxygen atoms in total. The number of methoxy groups -OCH3 is 1. The summed E-state index contributed by atoms with van der Waals surface area (Å²) in [5, 5.41) is 5.82. The van der Waals surface area contributed by atoms with Gasteiger partial charge in [0.2, 0.25) is 0 Å². The van der Waals surface area contributed by atoms with Crippen molar-refractivity contribution >= 4 is 23.3 Å². The SMILES string of the molecule is CNc1ncc(-c2cc(F)cc(F)c2)c(N2CC[C@@H](NC(=O)OC(C)(C)C)[C@H](OC)C2)c1N. The molecule has 0 bridgehead atoms. The van der Waals surface area contributed by atoms with Gasteiger partial charge in [-0.15, -0.1) is 0 Å². The number of amides is 1. The van der Waals surface area contributed by atoms with Crippen LogP contribution in [0.4, 0.5) is 30.8 Å². The number of ether oxygens (including phenoxy) is 2. The number of rotatable bonds is 5. The number of carbonyl (C=O) groups excluding carboxylic acids is 1. The molecule has 1 aromatic heterocycles. The Morgan fingerprint density at radius 3 is 2.48 bits per heavy atom. The van der Waals surface area contributed by atoms with Gasteiger partial charge in [-0.1, -0.05) is 0 Å². The molecule has 1 fully saturated rings. The summed E-state index contributed by atoms with van der Waals surface area (Å²) in [6.45, 7) is 6.30. The number of nitrogens with zero attached hydrogens (tertiary/aromatic N) is 2. The van der Waals surface area contributed by atoms with Crippen LogP contribution in [0.5, 0.6) is 0 Å². The molecule has 1 aliphatic rings.